The Labute approximate surface area is 98.0 Å². The standard InChI is InChI=1S/C11H15BrN2O/c12-9-7-13-6-3-10(9)14-11(8-15)4-1-2-5-11/h3,6-7,15H,1-2,4-5,8H2,(H,13,14). The van der Waals surface area contributed by atoms with Gasteiger partial charge < -0.3 is 10.4 Å². The average molecular weight is 271 g/mol. The fourth-order valence-corrected chi connectivity index (χ4v) is 2.49. The number of aliphatic hydroxyl groups excluding tert-OH is 1. The highest BCUT2D eigenvalue weighted by Crippen LogP contribution is 2.34. The first-order valence-electron chi connectivity index (χ1n) is 5.24. The second-order valence-electron chi connectivity index (χ2n) is 4.13. The molecular formula is C11H15BrN2O. The van der Waals surface area contributed by atoms with E-state index in [4.69, 9.17) is 0 Å². The Bertz CT molecular complexity index is 337. The van der Waals surface area contributed by atoms with Gasteiger partial charge in [0.2, 0.25) is 0 Å². The molecule has 2 rings (SSSR count). The summed E-state index contributed by atoms with van der Waals surface area (Å²) in [6, 6.07) is 1.93. The molecule has 1 aliphatic carbocycles. The van der Waals surface area contributed by atoms with E-state index in [1.807, 2.05) is 6.07 Å². The number of nitrogens with one attached hydrogen (secondary N) is 1. The van der Waals surface area contributed by atoms with Crippen LogP contribution in [-0.4, -0.2) is 22.2 Å². The molecule has 2 N–H and O–H groups in total. The first-order chi connectivity index (χ1) is 7.26. The SMILES string of the molecule is OCC1(Nc2ccncc2Br)CCCC1. The largest absolute Gasteiger partial charge is 0.394 e. The molecule has 1 aromatic heterocycles. The van der Waals surface area contributed by atoms with Crippen molar-refractivity contribution in [1.82, 2.24) is 4.98 Å². The quantitative estimate of drug-likeness (QED) is 0.888. The van der Waals surface area contributed by atoms with Crippen molar-refractivity contribution in [3.8, 4) is 0 Å². The minimum Gasteiger partial charge on any atom is -0.394 e. The van der Waals surface area contributed by atoms with E-state index in [1.54, 1.807) is 12.4 Å². The van der Waals surface area contributed by atoms with Gasteiger partial charge in [0.1, 0.15) is 0 Å². The van der Waals surface area contributed by atoms with Crippen molar-refractivity contribution in [2.45, 2.75) is 31.2 Å². The summed E-state index contributed by atoms with van der Waals surface area (Å²) < 4.78 is 0.949. The molecule has 0 aliphatic heterocycles. The number of pyridine rings is 1. The Hall–Kier alpha value is -0.610. The van der Waals surface area contributed by atoms with Crippen LogP contribution in [0, 0.1) is 0 Å². The van der Waals surface area contributed by atoms with Crippen molar-refractivity contribution in [2.24, 2.45) is 0 Å². The minimum atomic E-state index is -0.121. The van der Waals surface area contributed by atoms with E-state index in [-0.39, 0.29) is 12.1 Å². The fourth-order valence-electron chi connectivity index (χ4n) is 2.14. The van der Waals surface area contributed by atoms with E-state index < -0.39 is 0 Å². The minimum absolute atomic E-state index is 0.121. The lowest BCUT2D eigenvalue weighted by atomic mass is 9.98. The van der Waals surface area contributed by atoms with Crippen LogP contribution in [0.2, 0.25) is 0 Å². The van der Waals surface area contributed by atoms with Gasteiger partial charge in [0.05, 0.1) is 22.3 Å². The fraction of sp³-hybridized carbons (Fsp3) is 0.545. The first kappa shape index (κ1) is 10.9. The van der Waals surface area contributed by atoms with Gasteiger partial charge >= 0.3 is 0 Å². The van der Waals surface area contributed by atoms with Crippen LogP contribution in [0.15, 0.2) is 22.9 Å². The van der Waals surface area contributed by atoms with Gasteiger partial charge in [-0.2, -0.15) is 0 Å². The van der Waals surface area contributed by atoms with Crippen LogP contribution < -0.4 is 5.32 Å². The molecule has 0 radical (unpaired) electrons. The van der Waals surface area contributed by atoms with Gasteiger partial charge in [-0.1, -0.05) is 12.8 Å². The Kier molecular flexibility index (Phi) is 3.26. The molecule has 4 heteroatoms. The number of aromatic nitrogens is 1. The predicted molar refractivity (Wildman–Crippen MR) is 63.8 cm³/mol. The monoisotopic (exact) mass is 270 g/mol. The molecule has 0 aromatic carbocycles. The van der Waals surface area contributed by atoms with Gasteiger partial charge in [0.25, 0.3) is 0 Å². The third kappa shape index (κ3) is 2.32. The van der Waals surface area contributed by atoms with Crippen molar-refractivity contribution < 1.29 is 5.11 Å². The van der Waals surface area contributed by atoms with Crippen LogP contribution in [-0.2, 0) is 0 Å². The van der Waals surface area contributed by atoms with Crippen molar-refractivity contribution in [3.63, 3.8) is 0 Å². The van der Waals surface area contributed by atoms with Gasteiger partial charge in [-0.15, -0.1) is 0 Å². The summed E-state index contributed by atoms with van der Waals surface area (Å²) in [6.45, 7) is 0.196. The zero-order valence-electron chi connectivity index (χ0n) is 8.54. The molecular weight excluding hydrogens is 256 g/mol. The maximum absolute atomic E-state index is 9.48. The lowest BCUT2D eigenvalue weighted by Crippen LogP contribution is -2.39. The first-order valence-corrected chi connectivity index (χ1v) is 6.04. The predicted octanol–water partition coefficient (Wildman–Crippen LogP) is 2.56. The second-order valence-corrected chi connectivity index (χ2v) is 4.98. The molecule has 0 bridgehead atoms. The van der Waals surface area contributed by atoms with Crippen LogP contribution in [0.4, 0.5) is 5.69 Å². The molecule has 3 nitrogen and oxygen atoms in total. The maximum Gasteiger partial charge on any atom is 0.0661 e. The molecule has 0 unspecified atom stereocenters. The summed E-state index contributed by atoms with van der Waals surface area (Å²) in [7, 11) is 0. The Balaban J connectivity index is 2.16. The number of aliphatic hydroxyl groups is 1. The molecule has 1 aliphatic rings. The highest BCUT2D eigenvalue weighted by atomic mass is 79.9. The van der Waals surface area contributed by atoms with Crippen molar-refractivity contribution >= 4 is 21.6 Å². The van der Waals surface area contributed by atoms with Crippen LogP contribution in [0.3, 0.4) is 0 Å². The lowest BCUT2D eigenvalue weighted by Gasteiger charge is -2.29. The molecule has 15 heavy (non-hydrogen) atoms. The number of anilines is 1. The van der Waals surface area contributed by atoms with Gasteiger partial charge in [-0.3, -0.25) is 4.98 Å². The van der Waals surface area contributed by atoms with Crippen LogP contribution in [0.5, 0.6) is 0 Å². The van der Waals surface area contributed by atoms with Gasteiger partial charge in [0, 0.05) is 12.4 Å². The van der Waals surface area contributed by atoms with Gasteiger partial charge in [-0.25, -0.2) is 0 Å². The third-order valence-electron chi connectivity index (χ3n) is 3.04. The van der Waals surface area contributed by atoms with Crippen molar-refractivity contribution in [1.29, 1.82) is 0 Å². The summed E-state index contributed by atoms with van der Waals surface area (Å²) in [6.07, 6.45) is 7.98. The van der Waals surface area contributed by atoms with Crippen LogP contribution in [0.25, 0.3) is 0 Å². The molecule has 1 saturated carbocycles. The number of halogens is 1. The number of hydrogen-bond acceptors (Lipinski definition) is 3. The smallest absolute Gasteiger partial charge is 0.0661 e. The summed E-state index contributed by atoms with van der Waals surface area (Å²) in [5.41, 5.74) is 0.894. The molecule has 0 spiro atoms. The van der Waals surface area contributed by atoms with E-state index in [0.717, 1.165) is 23.0 Å². The Morgan fingerprint density at radius 3 is 2.80 bits per heavy atom. The highest BCUT2D eigenvalue weighted by Gasteiger charge is 2.33. The molecule has 1 aromatic rings. The van der Waals surface area contributed by atoms with E-state index in [2.05, 4.69) is 26.2 Å². The Morgan fingerprint density at radius 2 is 2.20 bits per heavy atom. The van der Waals surface area contributed by atoms with E-state index in [0.29, 0.717) is 0 Å². The topological polar surface area (TPSA) is 45.1 Å². The van der Waals surface area contributed by atoms with Gasteiger partial charge in [-0.05, 0) is 34.8 Å². The second kappa shape index (κ2) is 4.49. The molecule has 1 heterocycles. The molecule has 0 saturated heterocycles. The summed E-state index contributed by atoms with van der Waals surface area (Å²) >= 11 is 3.45. The Morgan fingerprint density at radius 1 is 1.47 bits per heavy atom. The number of hydrogen-bond donors (Lipinski definition) is 2. The number of nitrogens with zero attached hydrogens (tertiary/aromatic N) is 1. The molecule has 1 fully saturated rings. The zero-order chi connectivity index (χ0) is 10.7. The number of rotatable bonds is 3. The van der Waals surface area contributed by atoms with Crippen LogP contribution in [0.1, 0.15) is 25.7 Å². The van der Waals surface area contributed by atoms with E-state index >= 15 is 0 Å². The third-order valence-corrected chi connectivity index (χ3v) is 3.67. The zero-order valence-corrected chi connectivity index (χ0v) is 10.1. The lowest BCUT2D eigenvalue weighted by molar-refractivity contribution is 0.214. The maximum atomic E-state index is 9.48. The molecule has 82 valence electrons. The van der Waals surface area contributed by atoms with Crippen molar-refractivity contribution in [3.05, 3.63) is 22.9 Å². The summed E-state index contributed by atoms with van der Waals surface area (Å²) in [5.74, 6) is 0. The van der Waals surface area contributed by atoms with E-state index in [9.17, 15) is 5.11 Å². The summed E-state index contributed by atoms with van der Waals surface area (Å²) in [4.78, 5) is 4.02. The molecule has 0 atom stereocenters. The van der Waals surface area contributed by atoms with Crippen LogP contribution >= 0.6 is 15.9 Å². The highest BCUT2D eigenvalue weighted by molar-refractivity contribution is 9.10. The van der Waals surface area contributed by atoms with Crippen molar-refractivity contribution in [2.75, 3.05) is 11.9 Å². The van der Waals surface area contributed by atoms with E-state index in [1.165, 1.54) is 12.8 Å². The van der Waals surface area contributed by atoms with Gasteiger partial charge in [0.15, 0.2) is 0 Å². The summed E-state index contributed by atoms with van der Waals surface area (Å²) in [5, 5.41) is 12.9. The molecule has 0 amide bonds. The average Bonchev–Trinajstić information content (AvgIpc) is 2.71. The normalized spacial score (nSPS) is 19.1.